The first kappa shape index (κ1) is 14.0. The van der Waals surface area contributed by atoms with E-state index in [4.69, 9.17) is 0 Å². The third kappa shape index (κ3) is 1.60. The minimum Gasteiger partial charge on any atom is -0.390 e. The van der Waals surface area contributed by atoms with Crippen molar-refractivity contribution in [2.24, 2.45) is 28.6 Å². The van der Waals surface area contributed by atoms with E-state index < -0.39 is 5.60 Å². The molecular formula is C19H28O2. The summed E-state index contributed by atoms with van der Waals surface area (Å²) < 4.78 is 0. The zero-order chi connectivity index (χ0) is 15.0. The van der Waals surface area contributed by atoms with Crippen molar-refractivity contribution < 1.29 is 9.90 Å². The maximum Gasteiger partial charge on any atom is 0.156 e. The number of carbonyl (C=O) groups is 1. The molecule has 0 saturated heterocycles. The van der Waals surface area contributed by atoms with Gasteiger partial charge in [0.25, 0.3) is 0 Å². The molecule has 0 heterocycles. The molecule has 3 fully saturated rings. The van der Waals surface area contributed by atoms with Gasteiger partial charge in [0.2, 0.25) is 0 Å². The molecule has 4 aliphatic rings. The molecule has 0 unspecified atom stereocenters. The number of ketones is 1. The number of carbonyl (C=O) groups excluding carboxylic acids is 1. The predicted octanol–water partition coefficient (Wildman–Crippen LogP) is 3.88. The first-order valence-electron chi connectivity index (χ1n) is 8.74. The van der Waals surface area contributed by atoms with Gasteiger partial charge >= 0.3 is 0 Å². The van der Waals surface area contributed by atoms with E-state index in [1.54, 1.807) is 0 Å². The van der Waals surface area contributed by atoms with Crippen molar-refractivity contribution in [2.75, 3.05) is 0 Å². The minimum absolute atomic E-state index is 0.0916. The third-order valence-electron chi connectivity index (χ3n) is 8.17. The maximum atomic E-state index is 12.0. The van der Waals surface area contributed by atoms with Crippen LogP contribution in [0.2, 0.25) is 0 Å². The van der Waals surface area contributed by atoms with Crippen molar-refractivity contribution in [3.8, 4) is 0 Å². The Kier molecular flexibility index (Phi) is 2.67. The smallest absolute Gasteiger partial charge is 0.156 e. The molecule has 0 aromatic rings. The lowest BCUT2D eigenvalue weighted by molar-refractivity contribution is -0.124. The zero-order valence-electron chi connectivity index (χ0n) is 13.6. The Morgan fingerprint density at radius 1 is 1.10 bits per heavy atom. The molecule has 1 N–H and O–H groups in total. The van der Waals surface area contributed by atoms with Gasteiger partial charge in [0.15, 0.2) is 5.78 Å². The van der Waals surface area contributed by atoms with Gasteiger partial charge in [-0.05, 0) is 80.1 Å². The molecule has 4 rings (SSSR count). The average molecular weight is 288 g/mol. The topological polar surface area (TPSA) is 37.3 Å². The van der Waals surface area contributed by atoms with E-state index in [0.717, 1.165) is 25.7 Å². The van der Waals surface area contributed by atoms with Crippen molar-refractivity contribution in [2.45, 2.75) is 71.3 Å². The normalized spacial score (nSPS) is 55.7. The summed E-state index contributed by atoms with van der Waals surface area (Å²) in [5, 5.41) is 10.9. The Bertz CT molecular complexity index is 532. The molecule has 0 aliphatic heterocycles. The summed E-state index contributed by atoms with van der Waals surface area (Å²) in [6.07, 6.45) is 9.48. The van der Waals surface area contributed by atoms with Gasteiger partial charge in [-0.25, -0.2) is 0 Å². The Labute approximate surface area is 128 Å². The quantitative estimate of drug-likeness (QED) is 0.734. The van der Waals surface area contributed by atoms with Crippen molar-refractivity contribution in [1.29, 1.82) is 0 Å². The highest BCUT2D eigenvalue weighted by molar-refractivity contribution is 5.94. The molecule has 4 aliphatic carbocycles. The van der Waals surface area contributed by atoms with Crippen LogP contribution in [0.4, 0.5) is 0 Å². The van der Waals surface area contributed by atoms with Crippen LogP contribution in [0.1, 0.15) is 65.7 Å². The molecule has 0 aromatic heterocycles. The van der Waals surface area contributed by atoms with E-state index in [0.29, 0.717) is 23.5 Å². The lowest BCUT2D eigenvalue weighted by Gasteiger charge is -2.57. The van der Waals surface area contributed by atoms with Crippen LogP contribution in [-0.2, 0) is 4.79 Å². The third-order valence-corrected chi connectivity index (χ3v) is 8.17. The second kappa shape index (κ2) is 4.01. The van der Waals surface area contributed by atoms with Gasteiger partial charge in [0.05, 0.1) is 5.60 Å². The second-order valence-corrected chi connectivity index (χ2v) is 8.91. The van der Waals surface area contributed by atoms with E-state index in [9.17, 15) is 9.90 Å². The van der Waals surface area contributed by atoms with E-state index in [-0.39, 0.29) is 10.8 Å². The Morgan fingerprint density at radius 3 is 2.57 bits per heavy atom. The molecule has 2 nitrogen and oxygen atoms in total. The van der Waals surface area contributed by atoms with Gasteiger partial charge in [-0.15, -0.1) is 0 Å². The standard InChI is InChI=1S/C19H28O2/c1-17-11-13(20)10-12(17)4-5-14-15(17)6-8-18(2)16(14)7-9-19(18,3)21/h10,14-16,21H,4-9,11H2,1-3H3/t14-,15+,16-,17+,18+,19+/m0/s1. The van der Waals surface area contributed by atoms with Crippen molar-refractivity contribution in [1.82, 2.24) is 0 Å². The van der Waals surface area contributed by atoms with Gasteiger partial charge in [0, 0.05) is 6.42 Å². The average Bonchev–Trinajstić information content (AvgIpc) is 2.83. The van der Waals surface area contributed by atoms with Crippen molar-refractivity contribution >= 4 is 5.78 Å². The number of allylic oxidation sites excluding steroid dienone is 2. The molecule has 0 aromatic carbocycles. The van der Waals surface area contributed by atoms with Crippen LogP contribution in [0, 0.1) is 28.6 Å². The fraction of sp³-hybridized carbons (Fsp3) is 0.842. The Hall–Kier alpha value is -0.630. The number of hydrogen-bond donors (Lipinski definition) is 1. The van der Waals surface area contributed by atoms with Crippen LogP contribution in [-0.4, -0.2) is 16.5 Å². The fourth-order valence-corrected chi connectivity index (χ4v) is 6.66. The Morgan fingerprint density at radius 2 is 1.81 bits per heavy atom. The van der Waals surface area contributed by atoms with Crippen LogP contribution in [0.5, 0.6) is 0 Å². The van der Waals surface area contributed by atoms with Crippen LogP contribution >= 0.6 is 0 Å². The minimum atomic E-state index is -0.495. The molecule has 0 spiro atoms. The number of rotatable bonds is 0. The molecule has 3 saturated carbocycles. The first-order valence-corrected chi connectivity index (χ1v) is 8.74. The van der Waals surface area contributed by atoms with E-state index >= 15 is 0 Å². The second-order valence-electron chi connectivity index (χ2n) is 8.91. The summed E-state index contributed by atoms with van der Waals surface area (Å²) in [4.78, 5) is 12.0. The van der Waals surface area contributed by atoms with Crippen molar-refractivity contribution in [3.63, 3.8) is 0 Å². The van der Waals surface area contributed by atoms with E-state index in [1.165, 1.54) is 24.8 Å². The lowest BCUT2D eigenvalue weighted by atomic mass is 9.48. The molecule has 0 amide bonds. The number of hydrogen-bond acceptors (Lipinski definition) is 2. The highest BCUT2D eigenvalue weighted by Gasteiger charge is 2.62. The highest BCUT2D eigenvalue weighted by atomic mass is 16.3. The summed E-state index contributed by atoms with van der Waals surface area (Å²) in [6, 6.07) is 0. The van der Waals surface area contributed by atoms with Crippen LogP contribution in [0.15, 0.2) is 11.6 Å². The summed E-state index contributed by atoms with van der Waals surface area (Å²) in [5.41, 5.74) is 1.16. The number of fused-ring (bicyclic) bond motifs is 5. The highest BCUT2D eigenvalue weighted by Crippen LogP contribution is 2.67. The molecule has 21 heavy (non-hydrogen) atoms. The monoisotopic (exact) mass is 288 g/mol. The first-order chi connectivity index (χ1) is 9.78. The molecule has 0 radical (unpaired) electrons. The van der Waals surface area contributed by atoms with Gasteiger partial charge in [-0.2, -0.15) is 0 Å². The summed E-state index contributed by atoms with van der Waals surface area (Å²) in [6.45, 7) is 6.73. The Balaban J connectivity index is 1.70. The summed E-state index contributed by atoms with van der Waals surface area (Å²) in [7, 11) is 0. The SMILES string of the molecule is C[C@@]12CC(=O)C=C1CC[C@H]1[C@H]2CC[C@]2(C)[C@H]1CC[C@@]2(C)O. The maximum absolute atomic E-state index is 12.0. The van der Waals surface area contributed by atoms with E-state index in [2.05, 4.69) is 20.8 Å². The van der Waals surface area contributed by atoms with Crippen LogP contribution in [0.25, 0.3) is 0 Å². The van der Waals surface area contributed by atoms with Gasteiger partial charge in [-0.3, -0.25) is 4.79 Å². The van der Waals surface area contributed by atoms with Crippen molar-refractivity contribution in [3.05, 3.63) is 11.6 Å². The fourth-order valence-electron chi connectivity index (χ4n) is 6.66. The largest absolute Gasteiger partial charge is 0.390 e. The molecule has 2 heteroatoms. The molecule has 0 bridgehead atoms. The van der Waals surface area contributed by atoms with E-state index in [1.807, 2.05) is 6.08 Å². The van der Waals surface area contributed by atoms with Crippen LogP contribution < -0.4 is 0 Å². The molecule has 6 atom stereocenters. The predicted molar refractivity (Wildman–Crippen MR) is 82.7 cm³/mol. The molecule has 116 valence electrons. The van der Waals surface area contributed by atoms with Gasteiger partial charge < -0.3 is 5.11 Å². The zero-order valence-corrected chi connectivity index (χ0v) is 13.6. The van der Waals surface area contributed by atoms with Gasteiger partial charge in [0.1, 0.15) is 0 Å². The van der Waals surface area contributed by atoms with Gasteiger partial charge in [-0.1, -0.05) is 19.4 Å². The number of aliphatic hydroxyl groups is 1. The lowest BCUT2D eigenvalue weighted by Crippen LogP contribution is -2.53. The molecular weight excluding hydrogens is 260 g/mol. The summed E-state index contributed by atoms with van der Waals surface area (Å²) in [5.74, 6) is 2.38. The summed E-state index contributed by atoms with van der Waals surface area (Å²) >= 11 is 0. The van der Waals surface area contributed by atoms with Crippen LogP contribution in [0.3, 0.4) is 0 Å².